The van der Waals surface area contributed by atoms with Gasteiger partial charge in [0.25, 0.3) is 5.91 Å². The maximum absolute atomic E-state index is 12.6. The van der Waals surface area contributed by atoms with Crippen LogP contribution >= 0.6 is 12.4 Å². The monoisotopic (exact) mass is 320 g/mol. The van der Waals surface area contributed by atoms with Crippen LogP contribution in [0.25, 0.3) is 0 Å². The quantitative estimate of drug-likeness (QED) is 0.916. The Bertz CT molecular complexity index is 655. The fourth-order valence-electron chi connectivity index (χ4n) is 3.03. The molecule has 2 atom stereocenters. The molecule has 3 rings (SSSR count). The molecule has 1 aliphatic heterocycles. The Hall–Kier alpha value is -1.85. The minimum Gasteiger partial charge on any atom is -0.336 e. The zero-order chi connectivity index (χ0) is 15.0. The second-order valence-electron chi connectivity index (χ2n) is 5.69. The molecular weight excluding hydrogens is 300 g/mol. The zero-order valence-electron chi connectivity index (χ0n) is 12.8. The average Bonchev–Trinajstić information content (AvgIpc) is 3.02. The molecule has 1 fully saturated rings. The Kier molecular flexibility index (Phi) is 4.88. The minimum absolute atomic E-state index is 0. The van der Waals surface area contributed by atoms with E-state index in [0.717, 1.165) is 5.69 Å². The third-order valence-corrected chi connectivity index (χ3v) is 4.12. The molecule has 1 saturated heterocycles. The van der Waals surface area contributed by atoms with Crippen molar-refractivity contribution < 1.29 is 4.79 Å². The van der Waals surface area contributed by atoms with Crippen LogP contribution in [0.3, 0.4) is 0 Å². The van der Waals surface area contributed by atoms with E-state index in [1.165, 1.54) is 5.56 Å². The van der Waals surface area contributed by atoms with Gasteiger partial charge in [0.15, 0.2) is 0 Å². The van der Waals surface area contributed by atoms with Crippen LogP contribution < -0.4 is 5.73 Å². The Morgan fingerprint density at radius 3 is 2.55 bits per heavy atom. The predicted molar refractivity (Wildman–Crippen MR) is 88.3 cm³/mol. The van der Waals surface area contributed by atoms with E-state index in [1.54, 1.807) is 10.9 Å². The molecule has 0 saturated carbocycles. The summed E-state index contributed by atoms with van der Waals surface area (Å²) in [5, 5.41) is 4.24. The molecule has 1 amide bonds. The highest BCUT2D eigenvalue weighted by atomic mass is 35.5. The van der Waals surface area contributed by atoms with Crippen LogP contribution in [0.4, 0.5) is 0 Å². The first kappa shape index (κ1) is 16.5. The summed E-state index contributed by atoms with van der Waals surface area (Å²) < 4.78 is 1.67. The first-order chi connectivity index (χ1) is 10.1. The topological polar surface area (TPSA) is 64.2 Å². The molecule has 2 aromatic rings. The second-order valence-corrected chi connectivity index (χ2v) is 5.69. The van der Waals surface area contributed by atoms with Crippen molar-refractivity contribution in [3.8, 4) is 0 Å². The van der Waals surface area contributed by atoms with Gasteiger partial charge in [0.05, 0.1) is 11.3 Å². The van der Waals surface area contributed by atoms with E-state index in [9.17, 15) is 4.79 Å². The summed E-state index contributed by atoms with van der Waals surface area (Å²) in [4.78, 5) is 14.5. The average molecular weight is 321 g/mol. The standard InChI is InChI=1S/C16H20N4O.ClH/c1-11-13(8-19(2)18-11)16(21)20-9-14(15(17)10-20)12-6-4-3-5-7-12;/h3-8,14-15H,9-10,17H2,1-2H3;1H/t14-,15+;/m0./s1. The van der Waals surface area contributed by atoms with Gasteiger partial charge >= 0.3 is 0 Å². The lowest BCUT2D eigenvalue weighted by Gasteiger charge is -2.16. The highest BCUT2D eigenvalue weighted by molar-refractivity contribution is 5.95. The van der Waals surface area contributed by atoms with Gasteiger partial charge in [0.2, 0.25) is 0 Å². The Morgan fingerprint density at radius 2 is 1.95 bits per heavy atom. The maximum atomic E-state index is 12.6. The van der Waals surface area contributed by atoms with Crippen molar-refractivity contribution in [3.63, 3.8) is 0 Å². The first-order valence-corrected chi connectivity index (χ1v) is 7.16. The van der Waals surface area contributed by atoms with Crippen LogP contribution in [0.1, 0.15) is 27.5 Å². The zero-order valence-corrected chi connectivity index (χ0v) is 13.6. The first-order valence-electron chi connectivity index (χ1n) is 7.16. The number of halogens is 1. The SMILES string of the molecule is Cc1nn(C)cc1C(=O)N1C[C@@H](N)[C@H](c2ccccc2)C1.Cl. The van der Waals surface area contributed by atoms with E-state index in [4.69, 9.17) is 5.73 Å². The van der Waals surface area contributed by atoms with Gasteiger partial charge in [-0.1, -0.05) is 30.3 Å². The van der Waals surface area contributed by atoms with Crippen molar-refractivity contribution in [2.45, 2.75) is 18.9 Å². The van der Waals surface area contributed by atoms with Gasteiger partial charge in [-0.25, -0.2) is 0 Å². The molecule has 118 valence electrons. The number of amides is 1. The maximum Gasteiger partial charge on any atom is 0.257 e. The molecule has 0 bridgehead atoms. The normalized spacial score (nSPS) is 20.8. The third kappa shape index (κ3) is 3.00. The molecule has 2 N–H and O–H groups in total. The molecule has 1 aromatic carbocycles. The lowest BCUT2D eigenvalue weighted by Crippen LogP contribution is -2.32. The van der Waals surface area contributed by atoms with Gasteiger partial charge in [0, 0.05) is 38.3 Å². The van der Waals surface area contributed by atoms with E-state index in [-0.39, 0.29) is 30.3 Å². The molecule has 1 aromatic heterocycles. The van der Waals surface area contributed by atoms with Crippen molar-refractivity contribution in [1.29, 1.82) is 0 Å². The summed E-state index contributed by atoms with van der Waals surface area (Å²) in [5.74, 6) is 0.224. The number of aryl methyl sites for hydroxylation is 2. The molecular formula is C16H21ClN4O. The number of aromatic nitrogens is 2. The van der Waals surface area contributed by atoms with Crippen LogP contribution in [0.5, 0.6) is 0 Å². The van der Waals surface area contributed by atoms with E-state index in [1.807, 2.05) is 37.1 Å². The van der Waals surface area contributed by atoms with E-state index in [2.05, 4.69) is 17.2 Å². The number of carbonyl (C=O) groups excluding carboxylic acids is 1. The summed E-state index contributed by atoms with van der Waals surface area (Å²) in [6.07, 6.45) is 1.78. The van der Waals surface area contributed by atoms with E-state index < -0.39 is 0 Å². The van der Waals surface area contributed by atoms with Crippen LogP contribution in [-0.4, -0.2) is 39.7 Å². The summed E-state index contributed by atoms with van der Waals surface area (Å²) in [6, 6.07) is 10.1. The summed E-state index contributed by atoms with van der Waals surface area (Å²) in [6.45, 7) is 3.11. The number of hydrogen-bond acceptors (Lipinski definition) is 3. The van der Waals surface area contributed by atoms with Crippen molar-refractivity contribution in [2.75, 3.05) is 13.1 Å². The molecule has 2 heterocycles. The lowest BCUT2D eigenvalue weighted by atomic mass is 9.95. The number of nitrogens with two attached hydrogens (primary N) is 1. The molecule has 0 aliphatic carbocycles. The Labute approximate surface area is 136 Å². The van der Waals surface area contributed by atoms with Gasteiger partial charge in [0.1, 0.15) is 0 Å². The van der Waals surface area contributed by atoms with Crippen molar-refractivity contribution >= 4 is 18.3 Å². The smallest absolute Gasteiger partial charge is 0.257 e. The minimum atomic E-state index is -0.0201. The van der Waals surface area contributed by atoms with E-state index in [0.29, 0.717) is 18.7 Å². The summed E-state index contributed by atoms with van der Waals surface area (Å²) in [5.41, 5.74) is 8.87. The lowest BCUT2D eigenvalue weighted by molar-refractivity contribution is 0.0788. The summed E-state index contributed by atoms with van der Waals surface area (Å²) >= 11 is 0. The number of likely N-dealkylation sites (tertiary alicyclic amines) is 1. The predicted octanol–water partition coefficient (Wildman–Crippen LogP) is 1.72. The number of rotatable bonds is 2. The van der Waals surface area contributed by atoms with Crippen molar-refractivity contribution in [1.82, 2.24) is 14.7 Å². The van der Waals surface area contributed by atoms with Crippen LogP contribution in [0.2, 0.25) is 0 Å². The number of carbonyl (C=O) groups is 1. The molecule has 6 heteroatoms. The summed E-state index contributed by atoms with van der Waals surface area (Å²) in [7, 11) is 1.83. The highest BCUT2D eigenvalue weighted by Crippen LogP contribution is 2.27. The Balaban J connectivity index is 0.00000176. The Morgan fingerprint density at radius 1 is 1.27 bits per heavy atom. The molecule has 1 aliphatic rings. The van der Waals surface area contributed by atoms with Gasteiger partial charge < -0.3 is 10.6 Å². The molecule has 5 nitrogen and oxygen atoms in total. The fourth-order valence-corrected chi connectivity index (χ4v) is 3.03. The van der Waals surface area contributed by atoms with Crippen molar-refractivity contribution in [3.05, 3.63) is 53.3 Å². The number of hydrogen-bond donors (Lipinski definition) is 1. The number of nitrogens with zero attached hydrogens (tertiary/aromatic N) is 3. The number of benzene rings is 1. The molecule has 0 spiro atoms. The van der Waals surface area contributed by atoms with Crippen LogP contribution in [-0.2, 0) is 7.05 Å². The largest absolute Gasteiger partial charge is 0.336 e. The van der Waals surface area contributed by atoms with Crippen LogP contribution in [0, 0.1) is 6.92 Å². The molecule has 22 heavy (non-hydrogen) atoms. The third-order valence-electron chi connectivity index (χ3n) is 4.12. The highest BCUT2D eigenvalue weighted by Gasteiger charge is 2.34. The second kappa shape index (κ2) is 6.50. The molecule has 0 unspecified atom stereocenters. The van der Waals surface area contributed by atoms with Gasteiger partial charge in [-0.05, 0) is 12.5 Å². The van der Waals surface area contributed by atoms with Gasteiger partial charge in [-0.2, -0.15) is 5.10 Å². The van der Waals surface area contributed by atoms with Gasteiger partial charge in [-0.15, -0.1) is 12.4 Å². The van der Waals surface area contributed by atoms with E-state index >= 15 is 0 Å². The van der Waals surface area contributed by atoms with Crippen LogP contribution in [0.15, 0.2) is 36.5 Å². The van der Waals surface area contributed by atoms with Gasteiger partial charge in [-0.3, -0.25) is 9.48 Å². The molecule has 0 radical (unpaired) electrons. The fraction of sp³-hybridized carbons (Fsp3) is 0.375. The van der Waals surface area contributed by atoms with Crippen molar-refractivity contribution in [2.24, 2.45) is 12.8 Å².